The normalized spacial score (nSPS) is 10.0. The number of nitrogens with zero attached hydrogens (tertiary/aromatic N) is 1. The van der Waals surface area contributed by atoms with Crippen molar-refractivity contribution in [1.82, 2.24) is 0 Å². The summed E-state index contributed by atoms with van der Waals surface area (Å²) in [7, 11) is 3.86. The minimum atomic E-state index is -1.07. The Bertz CT molecular complexity index is 650. The largest absolute Gasteiger partial charge is 0.478 e. The number of carbonyl (C=O) groups excluding carboxylic acids is 1. The van der Waals surface area contributed by atoms with Crippen molar-refractivity contribution < 1.29 is 14.7 Å². The third kappa shape index (κ3) is 3.73. The van der Waals surface area contributed by atoms with Crippen molar-refractivity contribution in [3.8, 4) is 0 Å². The zero-order chi connectivity index (χ0) is 15.4. The van der Waals surface area contributed by atoms with Crippen molar-refractivity contribution in [1.29, 1.82) is 0 Å². The molecule has 1 aromatic heterocycles. The van der Waals surface area contributed by atoms with Gasteiger partial charge in [0.2, 0.25) is 0 Å². The second-order valence-corrected chi connectivity index (χ2v) is 5.41. The predicted molar refractivity (Wildman–Crippen MR) is 84.7 cm³/mol. The zero-order valence-corrected chi connectivity index (χ0v) is 12.4. The number of carboxylic acids is 1. The number of nitrogens with one attached hydrogen (secondary N) is 2. The number of hydrogen-bond acceptors (Lipinski definition) is 4. The molecule has 0 fully saturated rings. The van der Waals surface area contributed by atoms with Crippen molar-refractivity contribution in [3.05, 3.63) is 41.3 Å². The Balaban J connectivity index is 2.01. The molecule has 6 nitrogen and oxygen atoms in total. The summed E-state index contributed by atoms with van der Waals surface area (Å²) >= 11 is 1.16. The first-order valence-corrected chi connectivity index (χ1v) is 7.01. The van der Waals surface area contributed by atoms with Crippen LogP contribution in [0.1, 0.15) is 10.4 Å². The van der Waals surface area contributed by atoms with Crippen LogP contribution in [0, 0.1) is 0 Å². The molecule has 0 unspecified atom stereocenters. The van der Waals surface area contributed by atoms with E-state index in [9.17, 15) is 9.59 Å². The molecule has 7 heteroatoms. The molecule has 0 radical (unpaired) electrons. The van der Waals surface area contributed by atoms with Crippen LogP contribution in [-0.4, -0.2) is 31.2 Å². The van der Waals surface area contributed by atoms with E-state index >= 15 is 0 Å². The standard InChI is InChI=1S/C14H15N3O3S/c1-17(2)10-5-3-9(4-6-10)15-14(20)16-12-11(13(18)19)7-8-21-12/h3-8H,1-2H3,(H,18,19)(H2,15,16,20). The maximum absolute atomic E-state index is 11.9. The van der Waals surface area contributed by atoms with Gasteiger partial charge in [0, 0.05) is 25.5 Å². The molecule has 0 saturated heterocycles. The molecule has 0 bridgehead atoms. The van der Waals surface area contributed by atoms with Gasteiger partial charge >= 0.3 is 12.0 Å². The Kier molecular flexibility index (Phi) is 4.44. The first-order valence-electron chi connectivity index (χ1n) is 6.13. The molecule has 0 aliphatic heterocycles. The van der Waals surface area contributed by atoms with Gasteiger partial charge in [-0.3, -0.25) is 5.32 Å². The highest BCUT2D eigenvalue weighted by Gasteiger charge is 2.13. The number of urea groups is 1. The number of amides is 2. The van der Waals surface area contributed by atoms with Crippen LogP contribution in [0.5, 0.6) is 0 Å². The number of hydrogen-bond donors (Lipinski definition) is 3. The Labute approximate surface area is 126 Å². The molecule has 0 atom stereocenters. The van der Waals surface area contributed by atoms with Crippen molar-refractivity contribution in [2.45, 2.75) is 0 Å². The second kappa shape index (κ2) is 6.27. The van der Waals surface area contributed by atoms with E-state index < -0.39 is 12.0 Å². The van der Waals surface area contributed by atoms with Crippen molar-refractivity contribution in [2.24, 2.45) is 0 Å². The van der Waals surface area contributed by atoms with E-state index in [4.69, 9.17) is 5.11 Å². The fourth-order valence-electron chi connectivity index (χ4n) is 1.68. The van der Waals surface area contributed by atoms with Gasteiger partial charge in [-0.25, -0.2) is 9.59 Å². The summed E-state index contributed by atoms with van der Waals surface area (Å²) in [5.74, 6) is -1.07. The number of benzene rings is 1. The molecular weight excluding hydrogens is 290 g/mol. The van der Waals surface area contributed by atoms with Gasteiger partial charge in [0.15, 0.2) is 0 Å². The molecule has 1 aromatic carbocycles. The second-order valence-electron chi connectivity index (χ2n) is 4.49. The van der Waals surface area contributed by atoms with Crippen LogP contribution in [0.15, 0.2) is 35.7 Å². The van der Waals surface area contributed by atoms with Gasteiger partial charge in [0.25, 0.3) is 0 Å². The Morgan fingerprint density at radius 1 is 1.10 bits per heavy atom. The number of carbonyl (C=O) groups is 2. The quantitative estimate of drug-likeness (QED) is 0.810. The van der Waals surface area contributed by atoms with Gasteiger partial charge in [-0.05, 0) is 35.7 Å². The Morgan fingerprint density at radius 3 is 2.33 bits per heavy atom. The van der Waals surface area contributed by atoms with Gasteiger partial charge in [-0.2, -0.15) is 0 Å². The topological polar surface area (TPSA) is 81.7 Å². The Morgan fingerprint density at radius 2 is 1.76 bits per heavy atom. The lowest BCUT2D eigenvalue weighted by Gasteiger charge is -2.13. The molecule has 21 heavy (non-hydrogen) atoms. The minimum Gasteiger partial charge on any atom is -0.478 e. The lowest BCUT2D eigenvalue weighted by Crippen LogP contribution is -2.20. The van der Waals surface area contributed by atoms with Crippen molar-refractivity contribution in [3.63, 3.8) is 0 Å². The van der Waals surface area contributed by atoms with Crippen LogP contribution in [0.3, 0.4) is 0 Å². The number of rotatable bonds is 4. The summed E-state index contributed by atoms with van der Waals surface area (Å²) in [6, 6.07) is 8.29. The summed E-state index contributed by atoms with van der Waals surface area (Å²) in [6.45, 7) is 0. The van der Waals surface area contributed by atoms with E-state index in [1.165, 1.54) is 6.07 Å². The summed E-state index contributed by atoms with van der Waals surface area (Å²) in [5, 5.41) is 16.1. The van der Waals surface area contributed by atoms with E-state index in [0.29, 0.717) is 10.7 Å². The molecule has 0 spiro atoms. The van der Waals surface area contributed by atoms with E-state index in [2.05, 4.69) is 10.6 Å². The van der Waals surface area contributed by atoms with E-state index in [1.807, 2.05) is 31.1 Å². The molecule has 0 saturated carbocycles. The predicted octanol–water partition coefficient (Wildman–Crippen LogP) is 3.16. The van der Waals surface area contributed by atoms with Crippen LogP contribution in [0.2, 0.25) is 0 Å². The average molecular weight is 305 g/mol. The van der Waals surface area contributed by atoms with Gasteiger partial charge in [0.1, 0.15) is 5.00 Å². The molecular formula is C14H15N3O3S. The zero-order valence-electron chi connectivity index (χ0n) is 11.6. The van der Waals surface area contributed by atoms with Gasteiger partial charge in [0.05, 0.1) is 5.56 Å². The number of anilines is 3. The van der Waals surface area contributed by atoms with Gasteiger partial charge in [-0.1, -0.05) is 0 Å². The van der Waals surface area contributed by atoms with Crippen LogP contribution in [0.4, 0.5) is 21.2 Å². The third-order valence-electron chi connectivity index (χ3n) is 2.76. The van der Waals surface area contributed by atoms with E-state index in [0.717, 1.165) is 17.0 Å². The first-order chi connectivity index (χ1) is 9.97. The van der Waals surface area contributed by atoms with Crippen LogP contribution < -0.4 is 15.5 Å². The fourth-order valence-corrected chi connectivity index (χ4v) is 2.46. The molecule has 2 rings (SSSR count). The third-order valence-corrected chi connectivity index (χ3v) is 3.59. The summed E-state index contributed by atoms with van der Waals surface area (Å²) in [4.78, 5) is 24.8. The van der Waals surface area contributed by atoms with E-state index in [-0.39, 0.29) is 5.56 Å². The van der Waals surface area contributed by atoms with Crippen molar-refractivity contribution in [2.75, 3.05) is 29.6 Å². The number of aromatic carboxylic acids is 1. The lowest BCUT2D eigenvalue weighted by molar-refractivity contribution is 0.0698. The highest BCUT2D eigenvalue weighted by molar-refractivity contribution is 7.14. The van der Waals surface area contributed by atoms with Gasteiger partial charge in [-0.15, -0.1) is 11.3 Å². The Hall–Kier alpha value is -2.54. The monoisotopic (exact) mass is 305 g/mol. The molecule has 3 N–H and O–H groups in total. The molecule has 0 aliphatic carbocycles. The molecule has 2 aromatic rings. The van der Waals surface area contributed by atoms with Crippen LogP contribution >= 0.6 is 11.3 Å². The van der Waals surface area contributed by atoms with Crippen molar-refractivity contribution >= 4 is 39.7 Å². The maximum atomic E-state index is 11.9. The minimum absolute atomic E-state index is 0.0816. The molecule has 0 aliphatic rings. The number of thiophene rings is 1. The smallest absolute Gasteiger partial charge is 0.338 e. The highest BCUT2D eigenvalue weighted by atomic mass is 32.1. The number of carboxylic acid groups (broad SMARTS) is 1. The summed E-state index contributed by atoms with van der Waals surface area (Å²) < 4.78 is 0. The molecule has 110 valence electrons. The van der Waals surface area contributed by atoms with Crippen LogP contribution in [0.25, 0.3) is 0 Å². The fraction of sp³-hybridized carbons (Fsp3) is 0.143. The summed E-state index contributed by atoms with van der Waals surface area (Å²) in [5.41, 5.74) is 1.73. The average Bonchev–Trinajstić information content (AvgIpc) is 2.87. The molecule has 1 heterocycles. The SMILES string of the molecule is CN(C)c1ccc(NC(=O)Nc2sccc2C(=O)O)cc1. The highest BCUT2D eigenvalue weighted by Crippen LogP contribution is 2.23. The molecule has 2 amide bonds. The lowest BCUT2D eigenvalue weighted by atomic mass is 10.2. The summed E-state index contributed by atoms with van der Waals surface area (Å²) in [6.07, 6.45) is 0. The maximum Gasteiger partial charge on any atom is 0.338 e. The van der Waals surface area contributed by atoms with Gasteiger partial charge < -0.3 is 15.3 Å². The van der Waals surface area contributed by atoms with E-state index in [1.54, 1.807) is 17.5 Å². The first kappa shape index (κ1) is 14.9. The van der Waals surface area contributed by atoms with Crippen LogP contribution in [-0.2, 0) is 0 Å².